The standard InChI is InChI=1S/C16H14N2O3/c19-15-11-5-3-4-10-13(17-8-1-2-9-17)7-6-12(14(10)11)16(20)18(15)21/h3-7,21H,1-2,8-9H2. The van der Waals surface area contributed by atoms with Crippen LogP contribution in [0.4, 0.5) is 5.69 Å². The highest BCUT2D eigenvalue weighted by molar-refractivity contribution is 6.26. The van der Waals surface area contributed by atoms with Gasteiger partial charge in [0.05, 0.1) is 11.1 Å². The van der Waals surface area contributed by atoms with E-state index in [1.807, 2.05) is 12.1 Å². The van der Waals surface area contributed by atoms with Gasteiger partial charge in [-0.2, -0.15) is 0 Å². The highest BCUT2D eigenvalue weighted by Gasteiger charge is 2.33. The molecule has 0 aromatic heterocycles. The smallest absolute Gasteiger partial charge is 0.285 e. The zero-order valence-corrected chi connectivity index (χ0v) is 11.4. The van der Waals surface area contributed by atoms with Crippen molar-refractivity contribution in [2.75, 3.05) is 18.0 Å². The molecule has 0 bridgehead atoms. The summed E-state index contributed by atoms with van der Waals surface area (Å²) in [6, 6.07) is 9.00. The number of benzene rings is 2. The van der Waals surface area contributed by atoms with Crippen molar-refractivity contribution in [3.8, 4) is 0 Å². The van der Waals surface area contributed by atoms with Gasteiger partial charge in [-0.05, 0) is 31.0 Å². The molecular formula is C16H14N2O3. The predicted octanol–water partition coefficient (Wildman–Crippen LogP) is 2.43. The van der Waals surface area contributed by atoms with Crippen LogP contribution in [0.5, 0.6) is 0 Å². The highest BCUT2D eigenvalue weighted by atomic mass is 16.5. The Kier molecular flexibility index (Phi) is 2.53. The normalized spacial score (nSPS) is 18.0. The quantitative estimate of drug-likeness (QED) is 0.644. The van der Waals surface area contributed by atoms with Crippen LogP contribution >= 0.6 is 0 Å². The van der Waals surface area contributed by atoms with Crippen LogP contribution in [0, 0.1) is 0 Å². The molecule has 4 rings (SSSR count). The molecule has 0 spiro atoms. The number of carbonyl (C=O) groups excluding carboxylic acids is 2. The molecule has 2 aliphatic rings. The van der Waals surface area contributed by atoms with Gasteiger partial charge in [0.15, 0.2) is 0 Å². The summed E-state index contributed by atoms with van der Waals surface area (Å²) in [4.78, 5) is 26.5. The fourth-order valence-electron chi connectivity index (χ4n) is 3.30. The van der Waals surface area contributed by atoms with Gasteiger partial charge in [-0.25, -0.2) is 0 Å². The molecule has 2 aromatic rings. The van der Waals surface area contributed by atoms with Gasteiger partial charge in [-0.15, -0.1) is 5.06 Å². The van der Waals surface area contributed by atoms with Gasteiger partial charge >= 0.3 is 0 Å². The minimum atomic E-state index is -0.656. The Morgan fingerprint density at radius 2 is 1.57 bits per heavy atom. The lowest BCUT2D eigenvalue weighted by Gasteiger charge is -2.25. The summed E-state index contributed by atoms with van der Waals surface area (Å²) >= 11 is 0. The summed E-state index contributed by atoms with van der Waals surface area (Å²) in [5, 5.41) is 11.4. The van der Waals surface area contributed by atoms with Crippen molar-refractivity contribution in [3.05, 3.63) is 41.5 Å². The highest BCUT2D eigenvalue weighted by Crippen LogP contribution is 2.36. The first kappa shape index (κ1) is 12.3. The number of hydrogen-bond acceptors (Lipinski definition) is 4. The minimum Gasteiger partial charge on any atom is -0.371 e. The molecule has 21 heavy (non-hydrogen) atoms. The molecule has 0 unspecified atom stereocenters. The van der Waals surface area contributed by atoms with E-state index in [0.717, 1.165) is 37.0 Å². The van der Waals surface area contributed by atoms with Gasteiger partial charge in [-0.3, -0.25) is 14.8 Å². The van der Waals surface area contributed by atoms with Crippen molar-refractivity contribution in [1.82, 2.24) is 5.06 Å². The number of carbonyl (C=O) groups is 2. The fraction of sp³-hybridized carbons (Fsp3) is 0.250. The largest absolute Gasteiger partial charge is 0.371 e. The molecule has 0 saturated carbocycles. The Bertz CT molecular complexity index is 756. The van der Waals surface area contributed by atoms with Crippen LogP contribution < -0.4 is 4.90 Å². The van der Waals surface area contributed by atoms with E-state index in [0.29, 0.717) is 16.5 Å². The Balaban J connectivity index is 2.04. The van der Waals surface area contributed by atoms with Crippen molar-refractivity contribution in [1.29, 1.82) is 0 Å². The molecule has 0 radical (unpaired) electrons. The second-order valence-corrected chi connectivity index (χ2v) is 5.48. The maximum atomic E-state index is 12.1. The molecule has 0 atom stereocenters. The van der Waals surface area contributed by atoms with Gasteiger partial charge in [0, 0.05) is 29.5 Å². The first-order valence-corrected chi connectivity index (χ1v) is 7.07. The lowest BCUT2D eigenvalue weighted by molar-refractivity contribution is -0.0377. The average molecular weight is 282 g/mol. The molecule has 2 heterocycles. The van der Waals surface area contributed by atoms with Crippen LogP contribution in [0.1, 0.15) is 33.6 Å². The Labute approximate surface area is 121 Å². The van der Waals surface area contributed by atoms with Gasteiger partial charge in [0.25, 0.3) is 11.8 Å². The molecule has 1 fully saturated rings. The number of imide groups is 1. The molecule has 1 saturated heterocycles. The number of hydroxylamine groups is 2. The van der Waals surface area contributed by atoms with Crippen LogP contribution in [0.3, 0.4) is 0 Å². The minimum absolute atomic E-state index is 0.201. The van der Waals surface area contributed by atoms with Crippen molar-refractivity contribution >= 4 is 28.3 Å². The SMILES string of the molecule is O=C1c2cccc3c(N4CCCC4)ccc(c23)C(=O)N1O. The van der Waals surface area contributed by atoms with Gasteiger partial charge in [0.2, 0.25) is 0 Å². The van der Waals surface area contributed by atoms with E-state index >= 15 is 0 Å². The molecule has 0 aliphatic carbocycles. The molecule has 2 aromatic carbocycles. The van der Waals surface area contributed by atoms with E-state index < -0.39 is 11.8 Å². The molecule has 5 nitrogen and oxygen atoms in total. The Morgan fingerprint density at radius 3 is 2.29 bits per heavy atom. The molecule has 5 heteroatoms. The first-order valence-electron chi connectivity index (χ1n) is 7.07. The monoisotopic (exact) mass is 282 g/mol. The molecular weight excluding hydrogens is 268 g/mol. The van der Waals surface area contributed by atoms with E-state index in [4.69, 9.17) is 0 Å². The van der Waals surface area contributed by atoms with Crippen molar-refractivity contribution in [2.24, 2.45) is 0 Å². The summed E-state index contributed by atoms with van der Waals surface area (Å²) < 4.78 is 0. The number of amides is 2. The summed E-state index contributed by atoms with van der Waals surface area (Å²) in [6.45, 7) is 1.99. The maximum absolute atomic E-state index is 12.1. The zero-order chi connectivity index (χ0) is 14.6. The molecule has 106 valence electrons. The zero-order valence-electron chi connectivity index (χ0n) is 11.4. The van der Waals surface area contributed by atoms with Gasteiger partial charge in [0.1, 0.15) is 0 Å². The van der Waals surface area contributed by atoms with Crippen molar-refractivity contribution in [2.45, 2.75) is 12.8 Å². The summed E-state index contributed by atoms with van der Waals surface area (Å²) in [5.41, 5.74) is 1.82. The lowest BCUT2D eigenvalue weighted by Crippen LogP contribution is -2.37. The van der Waals surface area contributed by atoms with Crippen molar-refractivity contribution in [3.63, 3.8) is 0 Å². The second-order valence-electron chi connectivity index (χ2n) is 5.48. The summed E-state index contributed by atoms with van der Waals surface area (Å²) in [5.74, 6) is -1.31. The van der Waals surface area contributed by atoms with Crippen molar-refractivity contribution < 1.29 is 14.8 Å². The first-order chi connectivity index (χ1) is 10.2. The number of rotatable bonds is 1. The van der Waals surface area contributed by atoms with E-state index in [1.54, 1.807) is 18.2 Å². The van der Waals surface area contributed by atoms with E-state index in [2.05, 4.69) is 4.90 Å². The number of hydrogen-bond donors (Lipinski definition) is 1. The second kappa shape index (κ2) is 4.30. The predicted molar refractivity (Wildman–Crippen MR) is 77.7 cm³/mol. The average Bonchev–Trinajstić information content (AvgIpc) is 3.04. The van der Waals surface area contributed by atoms with E-state index in [1.165, 1.54) is 0 Å². The van der Waals surface area contributed by atoms with Crippen LogP contribution in [0.2, 0.25) is 0 Å². The fourth-order valence-corrected chi connectivity index (χ4v) is 3.30. The van der Waals surface area contributed by atoms with E-state index in [-0.39, 0.29) is 5.06 Å². The van der Waals surface area contributed by atoms with Crippen LogP contribution in [0.15, 0.2) is 30.3 Å². The number of nitrogens with zero attached hydrogens (tertiary/aromatic N) is 2. The van der Waals surface area contributed by atoms with E-state index in [9.17, 15) is 14.8 Å². The van der Waals surface area contributed by atoms with Gasteiger partial charge < -0.3 is 4.90 Å². The summed E-state index contributed by atoms with van der Waals surface area (Å²) in [6.07, 6.45) is 2.32. The number of anilines is 1. The van der Waals surface area contributed by atoms with Crippen LogP contribution in [-0.2, 0) is 0 Å². The lowest BCUT2D eigenvalue weighted by atomic mass is 9.93. The van der Waals surface area contributed by atoms with Crippen LogP contribution in [-0.4, -0.2) is 35.2 Å². The van der Waals surface area contributed by atoms with Gasteiger partial charge in [-0.1, -0.05) is 12.1 Å². The molecule has 1 N–H and O–H groups in total. The van der Waals surface area contributed by atoms with Crippen LogP contribution in [0.25, 0.3) is 10.8 Å². The third kappa shape index (κ3) is 1.61. The Morgan fingerprint density at radius 1 is 0.905 bits per heavy atom. The Hall–Kier alpha value is -2.40. The third-order valence-corrected chi connectivity index (χ3v) is 4.31. The maximum Gasteiger partial charge on any atom is 0.285 e. The topological polar surface area (TPSA) is 60.9 Å². The molecule has 2 aliphatic heterocycles. The molecule has 2 amide bonds. The summed E-state index contributed by atoms with van der Waals surface area (Å²) in [7, 11) is 0. The third-order valence-electron chi connectivity index (χ3n) is 4.31.